The molecule has 0 radical (unpaired) electrons. The van der Waals surface area contributed by atoms with Crippen LogP contribution < -0.4 is 4.90 Å². The van der Waals surface area contributed by atoms with E-state index in [2.05, 4.69) is 20.8 Å². The second-order valence-corrected chi connectivity index (χ2v) is 9.88. The van der Waals surface area contributed by atoms with E-state index in [0.29, 0.717) is 16.7 Å². The molecule has 3 amide bonds. The van der Waals surface area contributed by atoms with Crippen molar-refractivity contribution < 1.29 is 14.4 Å². The maximum absolute atomic E-state index is 13.7. The number of carbonyl (C=O) groups excluding carboxylic acids is 3. The van der Waals surface area contributed by atoms with Crippen LogP contribution in [0.2, 0.25) is 0 Å². The number of hydrogen-bond donors (Lipinski definition) is 0. The maximum atomic E-state index is 13.7. The number of hydrogen-bond acceptors (Lipinski definition) is 3. The van der Waals surface area contributed by atoms with Gasteiger partial charge < -0.3 is 4.90 Å². The minimum absolute atomic E-state index is 0.0136. The number of rotatable bonds is 5. The second kappa shape index (κ2) is 8.90. The summed E-state index contributed by atoms with van der Waals surface area (Å²) >= 11 is 0. The van der Waals surface area contributed by atoms with Crippen molar-refractivity contribution >= 4 is 23.4 Å². The van der Waals surface area contributed by atoms with Gasteiger partial charge in [0.1, 0.15) is 0 Å². The summed E-state index contributed by atoms with van der Waals surface area (Å²) in [6.07, 6.45) is 0. The molecule has 0 atom stereocenters. The van der Waals surface area contributed by atoms with Crippen molar-refractivity contribution in [2.24, 2.45) is 0 Å². The zero-order valence-electron chi connectivity index (χ0n) is 20.4. The number of nitrogens with zero attached hydrogens (tertiary/aromatic N) is 2. The fourth-order valence-corrected chi connectivity index (χ4v) is 4.35. The Labute approximate surface area is 201 Å². The molecule has 5 nitrogen and oxygen atoms in total. The van der Waals surface area contributed by atoms with Gasteiger partial charge in [-0.25, -0.2) is 0 Å². The van der Waals surface area contributed by atoms with E-state index in [1.54, 1.807) is 29.2 Å². The Kier molecular flexibility index (Phi) is 6.13. The lowest BCUT2D eigenvalue weighted by molar-refractivity contribution is 0.0654. The summed E-state index contributed by atoms with van der Waals surface area (Å²) in [6, 6.07) is 20.4. The summed E-state index contributed by atoms with van der Waals surface area (Å²) < 4.78 is 0. The predicted octanol–water partition coefficient (Wildman–Crippen LogP) is 5.54. The monoisotopic (exact) mass is 454 g/mol. The summed E-state index contributed by atoms with van der Waals surface area (Å²) in [5.74, 6) is -0.796. The smallest absolute Gasteiger partial charge is 0.261 e. The van der Waals surface area contributed by atoms with Gasteiger partial charge in [0, 0.05) is 24.3 Å². The highest BCUT2D eigenvalue weighted by molar-refractivity contribution is 6.21. The molecule has 0 aromatic heterocycles. The molecule has 0 aliphatic carbocycles. The van der Waals surface area contributed by atoms with E-state index in [1.165, 1.54) is 4.90 Å². The topological polar surface area (TPSA) is 57.7 Å². The summed E-state index contributed by atoms with van der Waals surface area (Å²) in [5.41, 5.74) is 5.35. The minimum atomic E-state index is -0.317. The zero-order valence-corrected chi connectivity index (χ0v) is 20.4. The van der Waals surface area contributed by atoms with Crippen molar-refractivity contribution in [1.29, 1.82) is 0 Å². The molecule has 4 rings (SSSR count). The number of imide groups is 1. The average molecular weight is 455 g/mol. The van der Waals surface area contributed by atoms with Crippen LogP contribution in [0.4, 0.5) is 5.69 Å². The lowest BCUT2D eigenvalue weighted by Gasteiger charge is -2.27. The number of amides is 3. The van der Waals surface area contributed by atoms with Gasteiger partial charge in [0.05, 0.1) is 11.1 Å². The van der Waals surface area contributed by atoms with Gasteiger partial charge in [-0.1, -0.05) is 62.7 Å². The van der Waals surface area contributed by atoms with Crippen LogP contribution >= 0.6 is 0 Å². The Morgan fingerprint density at radius 3 is 1.97 bits per heavy atom. The number of aryl methyl sites for hydroxylation is 2. The summed E-state index contributed by atoms with van der Waals surface area (Å²) in [4.78, 5) is 42.3. The third-order valence-corrected chi connectivity index (χ3v) is 6.31. The van der Waals surface area contributed by atoms with Crippen LogP contribution in [0.1, 0.15) is 68.5 Å². The van der Waals surface area contributed by atoms with Crippen molar-refractivity contribution in [3.8, 4) is 0 Å². The Hall–Kier alpha value is -3.73. The van der Waals surface area contributed by atoms with Gasteiger partial charge >= 0.3 is 0 Å². The van der Waals surface area contributed by atoms with Crippen LogP contribution in [0.3, 0.4) is 0 Å². The Morgan fingerprint density at radius 2 is 1.44 bits per heavy atom. The van der Waals surface area contributed by atoms with Crippen LogP contribution in [-0.2, 0) is 5.41 Å². The van der Waals surface area contributed by atoms with Crippen molar-refractivity contribution in [2.75, 3.05) is 18.0 Å². The molecular formula is C29H30N2O3. The van der Waals surface area contributed by atoms with Crippen molar-refractivity contribution in [2.45, 2.75) is 40.0 Å². The lowest BCUT2D eigenvalue weighted by Crippen LogP contribution is -2.41. The van der Waals surface area contributed by atoms with E-state index in [1.807, 2.05) is 56.3 Å². The van der Waals surface area contributed by atoms with E-state index in [0.717, 1.165) is 22.4 Å². The number of anilines is 1. The highest BCUT2D eigenvalue weighted by atomic mass is 16.2. The predicted molar refractivity (Wildman–Crippen MR) is 135 cm³/mol. The van der Waals surface area contributed by atoms with Gasteiger partial charge in [-0.15, -0.1) is 0 Å². The molecule has 5 heteroatoms. The molecule has 174 valence electrons. The molecule has 0 spiro atoms. The van der Waals surface area contributed by atoms with Crippen LogP contribution in [0.25, 0.3) is 0 Å². The first-order valence-electron chi connectivity index (χ1n) is 11.5. The molecule has 0 saturated carbocycles. The molecule has 3 aromatic carbocycles. The lowest BCUT2D eigenvalue weighted by atomic mass is 9.86. The molecule has 1 aliphatic heterocycles. The van der Waals surface area contributed by atoms with Gasteiger partial charge in [-0.3, -0.25) is 19.3 Å². The van der Waals surface area contributed by atoms with Crippen LogP contribution in [0.15, 0.2) is 66.7 Å². The largest absolute Gasteiger partial charge is 0.306 e. The minimum Gasteiger partial charge on any atom is -0.306 e. The molecule has 1 heterocycles. The number of benzene rings is 3. The van der Waals surface area contributed by atoms with Gasteiger partial charge in [-0.2, -0.15) is 0 Å². The molecule has 3 aromatic rings. The molecule has 0 N–H and O–H groups in total. The Bertz CT molecular complexity index is 1230. The number of fused-ring (bicyclic) bond motifs is 1. The van der Waals surface area contributed by atoms with Crippen LogP contribution in [0.5, 0.6) is 0 Å². The number of carbonyl (C=O) groups is 3. The fourth-order valence-electron chi connectivity index (χ4n) is 4.35. The first kappa shape index (κ1) is 23.4. The van der Waals surface area contributed by atoms with Crippen molar-refractivity contribution in [3.63, 3.8) is 0 Å². The summed E-state index contributed by atoms with van der Waals surface area (Å²) in [5, 5.41) is 0. The fraction of sp³-hybridized carbons (Fsp3) is 0.276. The molecular weight excluding hydrogens is 424 g/mol. The highest BCUT2D eigenvalue weighted by Crippen LogP contribution is 2.27. The zero-order chi connectivity index (χ0) is 24.6. The van der Waals surface area contributed by atoms with Crippen molar-refractivity contribution in [1.82, 2.24) is 4.90 Å². The molecule has 34 heavy (non-hydrogen) atoms. The summed E-state index contributed by atoms with van der Waals surface area (Å²) in [7, 11) is 0. The average Bonchev–Trinajstić information content (AvgIpc) is 3.04. The van der Waals surface area contributed by atoms with E-state index >= 15 is 0 Å². The van der Waals surface area contributed by atoms with E-state index < -0.39 is 0 Å². The molecule has 0 saturated heterocycles. The second-order valence-electron chi connectivity index (χ2n) is 9.88. The molecule has 0 unspecified atom stereocenters. The standard InChI is InChI=1S/C29H30N2O3/c1-19-10-15-25(20(2)18-19)30(26(32)21-11-13-22(14-12-21)29(3,4)5)16-17-31-27(33)23-8-6-7-9-24(23)28(31)34/h6-15,18H,16-17H2,1-5H3. The SMILES string of the molecule is Cc1ccc(N(CCN2C(=O)c3ccccc3C2=O)C(=O)c2ccc(C(C)(C)C)cc2)c(C)c1. The third kappa shape index (κ3) is 4.38. The molecule has 1 aliphatic rings. The van der Waals surface area contributed by atoms with Gasteiger partial charge in [-0.05, 0) is 60.7 Å². The normalized spacial score (nSPS) is 13.3. The van der Waals surface area contributed by atoms with Crippen LogP contribution in [-0.4, -0.2) is 35.7 Å². The van der Waals surface area contributed by atoms with Crippen molar-refractivity contribution in [3.05, 3.63) is 100 Å². The maximum Gasteiger partial charge on any atom is 0.261 e. The summed E-state index contributed by atoms with van der Waals surface area (Å²) in [6.45, 7) is 10.7. The first-order valence-corrected chi connectivity index (χ1v) is 11.5. The van der Waals surface area contributed by atoms with Gasteiger partial charge in [0.15, 0.2) is 0 Å². The first-order chi connectivity index (χ1) is 16.1. The van der Waals surface area contributed by atoms with Gasteiger partial charge in [0.25, 0.3) is 17.7 Å². The van der Waals surface area contributed by atoms with E-state index in [-0.39, 0.29) is 36.2 Å². The van der Waals surface area contributed by atoms with Gasteiger partial charge in [0.2, 0.25) is 0 Å². The third-order valence-electron chi connectivity index (χ3n) is 6.31. The molecule has 0 fully saturated rings. The molecule has 0 bridgehead atoms. The quantitative estimate of drug-likeness (QED) is 0.476. The van der Waals surface area contributed by atoms with E-state index in [9.17, 15) is 14.4 Å². The Morgan fingerprint density at radius 1 is 0.853 bits per heavy atom. The van der Waals surface area contributed by atoms with E-state index in [4.69, 9.17) is 0 Å². The highest BCUT2D eigenvalue weighted by Gasteiger charge is 2.35. The van der Waals surface area contributed by atoms with Crippen LogP contribution in [0, 0.1) is 13.8 Å². The Balaban J connectivity index is 1.64.